The van der Waals surface area contributed by atoms with Crippen molar-refractivity contribution in [2.75, 3.05) is 0 Å². The number of phenolic OH excluding ortho intramolecular Hbond substituents is 30. The second-order valence-electron chi connectivity index (χ2n) is 18.0. The molecule has 31 nitrogen and oxygen atoms in total. The molecular formula is C50H30O31. The number of hydrogen-bond donors (Lipinski definition) is 30. The van der Waals surface area contributed by atoms with Crippen molar-refractivity contribution in [3.63, 3.8) is 0 Å². The van der Waals surface area contributed by atoms with E-state index in [0.717, 1.165) is 0 Å². The Morgan fingerprint density at radius 2 is 0.272 bits per heavy atom. The molecule has 0 aliphatic carbocycles. The normalized spacial score (nSPS) is 12.0. The van der Waals surface area contributed by atoms with Gasteiger partial charge in [0.2, 0.25) is 74.7 Å². The van der Waals surface area contributed by atoms with Crippen LogP contribution >= 0.6 is 0 Å². The van der Waals surface area contributed by atoms with Crippen molar-refractivity contribution in [3.8, 4) is 206 Å². The molecule has 416 valence electrons. The fraction of sp³-hybridized carbons (Fsp3) is 0. The summed E-state index contributed by atoms with van der Waals surface area (Å²) in [4.78, 5) is 0. The first-order chi connectivity index (χ1) is 37.8. The van der Waals surface area contributed by atoms with Crippen LogP contribution in [0.3, 0.4) is 0 Å². The van der Waals surface area contributed by atoms with Crippen molar-refractivity contribution < 1.29 is 158 Å². The molecule has 0 bridgehead atoms. The largest absolute Gasteiger partial charge is 0.504 e. The van der Waals surface area contributed by atoms with Crippen LogP contribution in [0.15, 0.2) is 4.42 Å². The number of fused-ring (bicyclic) bond motifs is 9. The van der Waals surface area contributed by atoms with E-state index in [2.05, 4.69) is 0 Å². The van der Waals surface area contributed by atoms with E-state index in [0.29, 0.717) is 0 Å². The van der Waals surface area contributed by atoms with E-state index in [4.69, 9.17) is 4.42 Å². The lowest BCUT2D eigenvalue weighted by Gasteiger charge is -2.26. The zero-order valence-electron chi connectivity index (χ0n) is 38.8. The molecule has 0 unspecified atom stereocenters. The Morgan fingerprint density at radius 3 is 0.593 bits per heavy atom. The van der Waals surface area contributed by atoms with Gasteiger partial charge in [-0.25, -0.2) is 0 Å². The average molecular weight is 1130 g/mol. The van der Waals surface area contributed by atoms with Crippen molar-refractivity contribution in [1.82, 2.24) is 0 Å². The number of hydrogen-bond acceptors (Lipinski definition) is 31. The lowest BCUT2D eigenvalue weighted by Crippen LogP contribution is -1.98. The van der Waals surface area contributed by atoms with Gasteiger partial charge >= 0.3 is 0 Å². The predicted octanol–water partition coefficient (Wildman–Crippen LogP) is 5.52. The summed E-state index contributed by atoms with van der Waals surface area (Å²) in [6.07, 6.45) is 0. The van der Waals surface area contributed by atoms with Crippen molar-refractivity contribution in [1.29, 1.82) is 0 Å². The van der Waals surface area contributed by atoms with Crippen LogP contribution < -0.4 is 0 Å². The summed E-state index contributed by atoms with van der Waals surface area (Å²) in [6, 6.07) is 0. The van der Waals surface area contributed by atoms with Crippen LogP contribution in [-0.4, -0.2) is 153 Å². The number of furan rings is 1. The maximum Gasteiger partial charge on any atom is 0.205 e. The summed E-state index contributed by atoms with van der Waals surface area (Å²) in [5, 5.41) is 325. The molecule has 11 rings (SSSR count). The minimum Gasteiger partial charge on any atom is -0.504 e. The molecule has 11 aromatic rings. The fourth-order valence-electron chi connectivity index (χ4n) is 10.5. The Kier molecular flexibility index (Phi) is 9.63. The zero-order valence-corrected chi connectivity index (χ0v) is 38.8. The van der Waals surface area contributed by atoms with Gasteiger partial charge in [0.05, 0.1) is 21.5 Å². The van der Waals surface area contributed by atoms with Gasteiger partial charge < -0.3 is 158 Å². The van der Waals surface area contributed by atoms with Crippen molar-refractivity contribution >= 4 is 75.8 Å². The van der Waals surface area contributed by atoms with Crippen LogP contribution in [0.25, 0.3) is 109 Å². The standard InChI is InChI=1S/C50H30O31/c51-19-7(9-11(28(60)42(74)41(73)27(9)59)10(20(19)52)12-13-15(31(63)36(68)26(12)58)32(64)44(76)43(75)29(13)61)1-3-5(23(55)39(71)37(69)21(3)53)2(6-4(1)22(54)38(70)40(72)24(6)56)8-14-17-34(66)30(62)16-18(35(67)46(78)45(77)33(16)65)49(17)81-50(14)48(80)47(79)25(8)57/h51-80H. The molecule has 0 atom stereocenters. The maximum atomic E-state index is 12.5. The first-order valence-corrected chi connectivity index (χ1v) is 21.9. The highest BCUT2D eigenvalue weighted by atomic mass is 16.4. The van der Waals surface area contributed by atoms with E-state index in [1.165, 1.54) is 0 Å². The van der Waals surface area contributed by atoms with E-state index >= 15 is 0 Å². The quantitative estimate of drug-likeness (QED) is 0.0588. The smallest absolute Gasteiger partial charge is 0.205 e. The lowest BCUT2D eigenvalue weighted by molar-refractivity contribution is 0.347. The van der Waals surface area contributed by atoms with Crippen LogP contribution in [0.1, 0.15) is 0 Å². The molecule has 0 aliphatic heterocycles. The molecule has 81 heavy (non-hydrogen) atoms. The molecule has 0 amide bonds. The van der Waals surface area contributed by atoms with Gasteiger partial charge in [-0.3, -0.25) is 0 Å². The molecule has 0 spiro atoms. The second kappa shape index (κ2) is 15.5. The Balaban J connectivity index is 1.48. The van der Waals surface area contributed by atoms with E-state index in [1.54, 1.807) is 0 Å². The molecule has 0 aliphatic rings. The predicted molar refractivity (Wildman–Crippen MR) is 268 cm³/mol. The molecule has 31 heteroatoms. The van der Waals surface area contributed by atoms with E-state index in [9.17, 15) is 153 Å². The molecule has 0 saturated carbocycles. The Bertz CT molecular complexity index is 4830. The second-order valence-corrected chi connectivity index (χ2v) is 18.0. The molecule has 10 aromatic carbocycles. The number of rotatable bonds is 3. The van der Waals surface area contributed by atoms with Gasteiger partial charge in [0.1, 0.15) is 0 Å². The van der Waals surface area contributed by atoms with Crippen LogP contribution in [-0.2, 0) is 0 Å². The summed E-state index contributed by atoms with van der Waals surface area (Å²) < 4.78 is 5.70. The molecule has 0 fully saturated rings. The molecule has 30 N–H and O–H groups in total. The highest BCUT2D eigenvalue weighted by Crippen LogP contribution is 2.71. The van der Waals surface area contributed by atoms with E-state index in [-0.39, 0.29) is 0 Å². The van der Waals surface area contributed by atoms with E-state index in [1.807, 2.05) is 0 Å². The van der Waals surface area contributed by atoms with Gasteiger partial charge in [-0.05, 0) is 0 Å². The molecule has 1 aromatic heterocycles. The van der Waals surface area contributed by atoms with E-state index < -0.39 is 282 Å². The Labute approximate surface area is 438 Å². The Morgan fingerprint density at radius 1 is 0.111 bits per heavy atom. The average Bonchev–Trinajstić information content (AvgIpc) is 3.89. The molecular weight excluding hydrogens is 1100 g/mol. The van der Waals surface area contributed by atoms with Gasteiger partial charge in [-0.15, -0.1) is 0 Å². The fourth-order valence-corrected chi connectivity index (χ4v) is 10.5. The number of benzene rings is 10. The monoisotopic (exact) mass is 1130 g/mol. The van der Waals surface area contributed by atoms with Crippen LogP contribution in [0.2, 0.25) is 0 Å². The molecule has 0 saturated heterocycles. The van der Waals surface area contributed by atoms with Crippen molar-refractivity contribution in [3.05, 3.63) is 0 Å². The van der Waals surface area contributed by atoms with Gasteiger partial charge in [-0.1, -0.05) is 0 Å². The lowest BCUT2D eigenvalue weighted by atomic mass is 9.79. The summed E-state index contributed by atoms with van der Waals surface area (Å²) in [6.45, 7) is 0. The van der Waals surface area contributed by atoms with Crippen LogP contribution in [0.4, 0.5) is 0 Å². The summed E-state index contributed by atoms with van der Waals surface area (Å²) >= 11 is 0. The Hall–Kier alpha value is -12.7. The molecule has 1 heterocycles. The maximum absolute atomic E-state index is 12.5. The van der Waals surface area contributed by atoms with Crippen molar-refractivity contribution in [2.45, 2.75) is 0 Å². The third-order valence-corrected chi connectivity index (χ3v) is 14.1. The highest BCUT2D eigenvalue weighted by molar-refractivity contribution is 6.37. The van der Waals surface area contributed by atoms with Gasteiger partial charge in [0.25, 0.3) is 0 Å². The van der Waals surface area contributed by atoms with Gasteiger partial charge in [0, 0.05) is 76.5 Å². The highest BCUT2D eigenvalue weighted by Gasteiger charge is 2.42. The van der Waals surface area contributed by atoms with Gasteiger partial charge in [-0.2, -0.15) is 0 Å². The van der Waals surface area contributed by atoms with Gasteiger partial charge in [0.15, 0.2) is 109 Å². The minimum absolute atomic E-state index is 1.07. The minimum atomic E-state index is -1.99. The number of phenols is 30. The summed E-state index contributed by atoms with van der Waals surface area (Å²) in [5.41, 5.74) is -11.4. The van der Waals surface area contributed by atoms with Crippen LogP contribution in [0, 0.1) is 0 Å². The van der Waals surface area contributed by atoms with Crippen molar-refractivity contribution in [2.24, 2.45) is 0 Å². The molecule has 0 radical (unpaired) electrons. The summed E-state index contributed by atoms with van der Waals surface area (Å²) in [5.74, 6) is -52.3. The third kappa shape index (κ3) is 5.55. The third-order valence-electron chi connectivity index (χ3n) is 14.1. The zero-order chi connectivity index (χ0) is 59.6. The van der Waals surface area contributed by atoms with Crippen LogP contribution in [0.5, 0.6) is 172 Å². The topological polar surface area (TPSA) is 620 Å². The first kappa shape index (κ1) is 50.5. The first-order valence-electron chi connectivity index (χ1n) is 21.9. The SMILES string of the molecule is Oc1c(O)c(-c2c3c(O)c(O)c(O)c(O)c3c(-c3c(O)c(O)c(-c4c(O)c(O)c(O)c5c(O)c(O)c(O)c(O)c45)c4c(O)c(O)c(O)c(O)c34)c3c(O)c(O)c(O)c(O)c23)c2c(oc3c4c(O)c(O)c(O)c(O)c4c(O)c(O)c32)c1O. The number of aromatic hydroxyl groups is 30. The summed E-state index contributed by atoms with van der Waals surface area (Å²) in [7, 11) is 0.